The smallest absolute Gasteiger partial charge is 0.159 e. The molecule has 0 aliphatic heterocycles. The van der Waals surface area contributed by atoms with Gasteiger partial charge in [0.2, 0.25) is 0 Å². The zero-order valence-corrected chi connectivity index (χ0v) is 27.6. The zero-order valence-electron chi connectivity index (χ0n) is 27.6. The third kappa shape index (κ3) is 4.19. The number of nitrogens with zero attached hydrogens (tertiary/aromatic N) is 2. The van der Waals surface area contributed by atoms with Crippen molar-refractivity contribution in [2.45, 2.75) is 0 Å². The number of rotatable bonds is 4. The molecule has 0 bridgehead atoms. The molecule has 3 heteroatoms. The third-order valence-electron chi connectivity index (χ3n) is 10.5. The molecule has 0 amide bonds. The molecule has 0 aliphatic carbocycles. The SMILES string of the molecule is c1ccc(-c2cc(-c3ccc4c(c3)c3ccccc3n4-c3cccc4c3oc3ccccc34)cc(-n3c4ccccc4c4ccccc43)c2)cc1. The van der Waals surface area contributed by atoms with Crippen molar-refractivity contribution in [2.24, 2.45) is 0 Å². The lowest BCUT2D eigenvalue weighted by Gasteiger charge is -2.14. The highest BCUT2D eigenvalue weighted by Gasteiger charge is 2.19. The number of aromatic nitrogens is 2. The normalized spacial score (nSPS) is 11.9. The van der Waals surface area contributed by atoms with E-state index in [-0.39, 0.29) is 0 Å². The summed E-state index contributed by atoms with van der Waals surface area (Å²) in [5.41, 5.74) is 13.4. The summed E-state index contributed by atoms with van der Waals surface area (Å²) in [6, 6.07) is 65.6. The molecular weight excluding hydrogens is 621 g/mol. The molecule has 3 aromatic heterocycles. The van der Waals surface area contributed by atoms with E-state index in [9.17, 15) is 0 Å². The molecule has 0 fully saturated rings. The predicted molar refractivity (Wildman–Crippen MR) is 213 cm³/mol. The van der Waals surface area contributed by atoms with Crippen molar-refractivity contribution < 1.29 is 4.42 Å². The first-order valence-corrected chi connectivity index (χ1v) is 17.4. The number of hydrogen-bond donors (Lipinski definition) is 0. The molecule has 3 nitrogen and oxygen atoms in total. The number of fused-ring (bicyclic) bond motifs is 9. The minimum Gasteiger partial charge on any atom is -0.454 e. The standard InChI is InChI=1S/C48H30N2O/c1-2-13-31(14-3-1)33-27-34(29-35(28-33)49-42-20-8-4-15-36(42)37-16-5-9-21-43(37)49)32-25-26-45-41(30-32)38-17-6-10-22-44(38)50(45)46-23-12-19-40-39-18-7-11-24-47(39)51-48(40)46/h1-30H. The van der Waals surface area contributed by atoms with Crippen LogP contribution in [0.1, 0.15) is 0 Å². The van der Waals surface area contributed by atoms with E-state index >= 15 is 0 Å². The molecule has 0 unspecified atom stereocenters. The number of para-hydroxylation sites is 5. The van der Waals surface area contributed by atoms with Crippen LogP contribution in [-0.4, -0.2) is 9.13 Å². The van der Waals surface area contributed by atoms with Crippen LogP contribution in [0, 0.1) is 0 Å². The molecule has 3 heterocycles. The van der Waals surface area contributed by atoms with Gasteiger partial charge in [-0.2, -0.15) is 0 Å². The van der Waals surface area contributed by atoms with Crippen LogP contribution in [0.3, 0.4) is 0 Å². The predicted octanol–water partition coefficient (Wildman–Crippen LogP) is 13.1. The van der Waals surface area contributed by atoms with E-state index < -0.39 is 0 Å². The second-order valence-electron chi connectivity index (χ2n) is 13.3. The summed E-state index contributed by atoms with van der Waals surface area (Å²) in [6.45, 7) is 0. The Labute approximate surface area is 293 Å². The van der Waals surface area contributed by atoms with Crippen molar-refractivity contribution in [3.63, 3.8) is 0 Å². The van der Waals surface area contributed by atoms with Gasteiger partial charge in [0.05, 0.1) is 27.8 Å². The van der Waals surface area contributed by atoms with Gasteiger partial charge in [0.15, 0.2) is 5.58 Å². The number of benzene rings is 8. The van der Waals surface area contributed by atoms with Crippen molar-refractivity contribution in [3.05, 3.63) is 182 Å². The third-order valence-corrected chi connectivity index (χ3v) is 10.5. The quantitative estimate of drug-likeness (QED) is 0.186. The molecule has 0 spiro atoms. The van der Waals surface area contributed by atoms with Crippen LogP contribution in [0.5, 0.6) is 0 Å². The van der Waals surface area contributed by atoms with E-state index in [1.165, 1.54) is 54.8 Å². The van der Waals surface area contributed by atoms with Gasteiger partial charge in [0.25, 0.3) is 0 Å². The van der Waals surface area contributed by atoms with Crippen LogP contribution in [0.25, 0.3) is 99.2 Å². The summed E-state index contributed by atoms with van der Waals surface area (Å²) in [5, 5.41) is 7.20. The summed E-state index contributed by atoms with van der Waals surface area (Å²) in [7, 11) is 0. The maximum Gasteiger partial charge on any atom is 0.159 e. The minimum absolute atomic E-state index is 0.900. The van der Waals surface area contributed by atoms with E-state index in [0.717, 1.165) is 44.3 Å². The fourth-order valence-electron chi connectivity index (χ4n) is 8.23. The fraction of sp³-hybridized carbons (Fsp3) is 0. The Bertz CT molecular complexity index is 3090. The van der Waals surface area contributed by atoms with Crippen LogP contribution in [-0.2, 0) is 0 Å². The molecule has 8 aromatic carbocycles. The van der Waals surface area contributed by atoms with Gasteiger partial charge in [-0.3, -0.25) is 0 Å². The van der Waals surface area contributed by atoms with Gasteiger partial charge in [0, 0.05) is 38.0 Å². The molecule has 11 aromatic rings. The first-order valence-electron chi connectivity index (χ1n) is 17.4. The number of hydrogen-bond acceptors (Lipinski definition) is 1. The average Bonchev–Trinajstić information content (AvgIpc) is 3.86. The van der Waals surface area contributed by atoms with E-state index in [4.69, 9.17) is 4.42 Å². The van der Waals surface area contributed by atoms with Crippen molar-refractivity contribution in [3.8, 4) is 33.6 Å². The Kier molecular flexibility index (Phi) is 5.96. The highest BCUT2D eigenvalue weighted by atomic mass is 16.3. The molecule has 0 N–H and O–H groups in total. The van der Waals surface area contributed by atoms with Gasteiger partial charge in [-0.1, -0.05) is 121 Å². The number of furan rings is 1. The lowest BCUT2D eigenvalue weighted by Crippen LogP contribution is -1.96. The van der Waals surface area contributed by atoms with Crippen molar-refractivity contribution in [1.82, 2.24) is 9.13 Å². The average molecular weight is 651 g/mol. The van der Waals surface area contributed by atoms with Gasteiger partial charge in [0.1, 0.15) is 5.58 Å². The van der Waals surface area contributed by atoms with Gasteiger partial charge < -0.3 is 13.6 Å². The summed E-state index contributed by atoms with van der Waals surface area (Å²) >= 11 is 0. The monoisotopic (exact) mass is 650 g/mol. The molecular formula is C48H30N2O. The Morgan fingerprint density at radius 2 is 0.863 bits per heavy atom. The maximum absolute atomic E-state index is 6.54. The lowest BCUT2D eigenvalue weighted by atomic mass is 9.96. The summed E-state index contributed by atoms with van der Waals surface area (Å²) in [4.78, 5) is 0. The van der Waals surface area contributed by atoms with Crippen molar-refractivity contribution >= 4 is 65.6 Å². The molecule has 0 saturated carbocycles. The molecule has 0 saturated heterocycles. The summed E-state index contributed by atoms with van der Waals surface area (Å²) in [6.07, 6.45) is 0. The van der Waals surface area contributed by atoms with E-state index in [1.807, 2.05) is 6.07 Å². The lowest BCUT2D eigenvalue weighted by molar-refractivity contribution is 0.666. The molecule has 0 radical (unpaired) electrons. The largest absolute Gasteiger partial charge is 0.454 e. The molecule has 51 heavy (non-hydrogen) atoms. The second-order valence-corrected chi connectivity index (χ2v) is 13.3. The fourth-order valence-corrected chi connectivity index (χ4v) is 8.23. The van der Waals surface area contributed by atoms with E-state index in [2.05, 4.69) is 185 Å². The maximum atomic E-state index is 6.54. The Morgan fingerprint density at radius 3 is 1.59 bits per heavy atom. The Hall–Kier alpha value is -6.84. The molecule has 0 aliphatic rings. The van der Waals surface area contributed by atoms with E-state index in [0.29, 0.717) is 0 Å². The van der Waals surface area contributed by atoms with Crippen LogP contribution in [0.4, 0.5) is 0 Å². The van der Waals surface area contributed by atoms with Crippen LogP contribution < -0.4 is 0 Å². The topological polar surface area (TPSA) is 23.0 Å². The molecule has 0 atom stereocenters. The van der Waals surface area contributed by atoms with E-state index in [1.54, 1.807) is 0 Å². The first kappa shape index (κ1) is 28.0. The molecule has 238 valence electrons. The highest BCUT2D eigenvalue weighted by Crippen LogP contribution is 2.41. The first-order chi connectivity index (χ1) is 25.3. The van der Waals surface area contributed by atoms with Crippen LogP contribution in [0.15, 0.2) is 186 Å². The Balaban J connectivity index is 1.17. The van der Waals surface area contributed by atoms with Crippen molar-refractivity contribution in [2.75, 3.05) is 0 Å². The summed E-state index contributed by atoms with van der Waals surface area (Å²) in [5.74, 6) is 0. The molecule has 11 rings (SSSR count). The van der Waals surface area contributed by atoms with Crippen molar-refractivity contribution in [1.29, 1.82) is 0 Å². The summed E-state index contributed by atoms with van der Waals surface area (Å²) < 4.78 is 11.3. The van der Waals surface area contributed by atoms with Crippen LogP contribution in [0.2, 0.25) is 0 Å². The van der Waals surface area contributed by atoms with Gasteiger partial charge in [-0.05, 0) is 82.9 Å². The second kappa shape index (κ2) is 10.8. The van der Waals surface area contributed by atoms with Gasteiger partial charge >= 0.3 is 0 Å². The highest BCUT2D eigenvalue weighted by molar-refractivity contribution is 6.14. The Morgan fingerprint density at radius 1 is 0.314 bits per heavy atom. The van der Waals surface area contributed by atoms with Crippen LogP contribution >= 0.6 is 0 Å². The van der Waals surface area contributed by atoms with Gasteiger partial charge in [-0.15, -0.1) is 0 Å². The minimum atomic E-state index is 0.900. The zero-order chi connectivity index (χ0) is 33.5. The van der Waals surface area contributed by atoms with Gasteiger partial charge in [-0.25, -0.2) is 0 Å².